The van der Waals surface area contributed by atoms with E-state index in [-0.39, 0.29) is 5.78 Å². The van der Waals surface area contributed by atoms with E-state index in [0.717, 1.165) is 6.42 Å². The Bertz CT molecular complexity index is 231. The molecule has 2 N–H and O–H groups in total. The fourth-order valence-electron chi connectivity index (χ4n) is 0.918. The van der Waals surface area contributed by atoms with Crippen molar-refractivity contribution in [3.63, 3.8) is 0 Å². The number of nitrogens with zero attached hydrogens (tertiary/aromatic N) is 1. The highest BCUT2D eigenvalue weighted by molar-refractivity contribution is 5.80. The van der Waals surface area contributed by atoms with E-state index in [1.54, 1.807) is 6.07 Å². The van der Waals surface area contributed by atoms with Crippen LogP contribution in [0.2, 0.25) is 0 Å². The summed E-state index contributed by atoms with van der Waals surface area (Å²) in [5, 5.41) is 3.64. The molecule has 0 aliphatic heterocycles. The van der Waals surface area contributed by atoms with Gasteiger partial charge in [-0.05, 0) is 13.0 Å². The standard InChI is InChI=1S/C8H12N2O2/c9-4-1-2-8(11)6-7-3-5-12-10-7/h3,5H,1-2,4,6,9H2. The van der Waals surface area contributed by atoms with Crippen molar-refractivity contribution in [2.24, 2.45) is 5.73 Å². The number of hydrogen-bond donors (Lipinski definition) is 1. The van der Waals surface area contributed by atoms with Crippen molar-refractivity contribution in [2.75, 3.05) is 6.54 Å². The maximum absolute atomic E-state index is 11.1. The number of Topliss-reactive ketones (excluding diaryl/α,β-unsaturated/α-hetero) is 1. The van der Waals surface area contributed by atoms with Crippen LogP contribution in [-0.2, 0) is 11.2 Å². The minimum atomic E-state index is 0.161. The summed E-state index contributed by atoms with van der Waals surface area (Å²) in [6.45, 7) is 0.560. The summed E-state index contributed by atoms with van der Waals surface area (Å²) in [4.78, 5) is 11.1. The number of hydrogen-bond acceptors (Lipinski definition) is 4. The van der Waals surface area contributed by atoms with Gasteiger partial charge >= 0.3 is 0 Å². The van der Waals surface area contributed by atoms with Crippen LogP contribution in [0, 0.1) is 0 Å². The van der Waals surface area contributed by atoms with Gasteiger partial charge in [-0.1, -0.05) is 5.16 Å². The Balaban J connectivity index is 2.27. The highest BCUT2D eigenvalue weighted by Gasteiger charge is 2.04. The zero-order valence-electron chi connectivity index (χ0n) is 6.82. The smallest absolute Gasteiger partial charge is 0.139 e. The number of carbonyl (C=O) groups is 1. The van der Waals surface area contributed by atoms with Crippen molar-refractivity contribution >= 4 is 5.78 Å². The number of carbonyl (C=O) groups excluding carboxylic acids is 1. The molecule has 0 unspecified atom stereocenters. The van der Waals surface area contributed by atoms with Crippen LogP contribution in [0.4, 0.5) is 0 Å². The van der Waals surface area contributed by atoms with E-state index >= 15 is 0 Å². The molecule has 0 fully saturated rings. The van der Waals surface area contributed by atoms with Gasteiger partial charge in [-0.2, -0.15) is 0 Å². The summed E-state index contributed by atoms with van der Waals surface area (Å²) in [7, 11) is 0. The van der Waals surface area contributed by atoms with E-state index in [1.165, 1.54) is 6.26 Å². The van der Waals surface area contributed by atoms with Crippen LogP contribution in [0.15, 0.2) is 16.9 Å². The molecule has 1 rings (SSSR count). The van der Waals surface area contributed by atoms with Crippen molar-refractivity contribution in [3.8, 4) is 0 Å². The maximum atomic E-state index is 11.1. The van der Waals surface area contributed by atoms with Crippen molar-refractivity contribution in [2.45, 2.75) is 19.3 Å². The van der Waals surface area contributed by atoms with Gasteiger partial charge in [-0.25, -0.2) is 0 Å². The Morgan fingerprint density at radius 1 is 1.67 bits per heavy atom. The van der Waals surface area contributed by atoms with E-state index in [9.17, 15) is 4.79 Å². The monoisotopic (exact) mass is 168 g/mol. The molecule has 0 atom stereocenters. The van der Waals surface area contributed by atoms with E-state index in [4.69, 9.17) is 5.73 Å². The Hall–Kier alpha value is -1.16. The third kappa shape index (κ3) is 2.84. The average Bonchev–Trinajstić information content (AvgIpc) is 2.53. The lowest BCUT2D eigenvalue weighted by molar-refractivity contribution is -0.118. The lowest BCUT2D eigenvalue weighted by Crippen LogP contribution is -2.06. The molecule has 0 radical (unpaired) electrons. The third-order valence-electron chi connectivity index (χ3n) is 1.53. The molecule has 4 heteroatoms. The lowest BCUT2D eigenvalue weighted by Gasteiger charge is -1.94. The molecule has 1 heterocycles. The molecule has 4 nitrogen and oxygen atoms in total. The first-order chi connectivity index (χ1) is 5.83. The zero-order valence-corrected chi connectivity index (χ0v) is 6.82. The summed E-state index contributed by atoms with van der Waals surface area (Å²) in [6, 6.07) is 1.69. The maximum Gasteiger partial charge on any atom is 0.139 e. The molecular formula is C8H12N2O2. The fraction of sp³-hybridized carbons (Fsp3) is 0.500. The predicted molar refractivity (Wildman–Crippen MR) is 43.5 cm³/mol. The Morgan fingerprint density at radius 3 is 3.08 bits per heavy atom. The molecule has 0 aliphatic carbocycles. The predicted octanol–water partition coefficient (Wildman–Crippen LogP) is 0.525. The zero-order chi connectivity index (χ0) is 8.81. The minimum Gasteiger partial charge on any atom is -0.364 e. The Morgan fingerprint density at radius 2 is 2.50 bits per heavy atom. The Labute approximate surface area is 70.7 Å². The third-order valence-corrected chi connectivity index (χ3v) is 1.53. The van der Waals surface area contributed by atoms with Crippen molar-refractivity contribution < 1.29 is 9.32 Å². The van der Waals surface area contributed by atoms with Gasteiger partial charge in [0.15, 0.2) is 0 Å². The van der Waals surface area contributed by atoms with Crippen LogP contribution < -0.4 is 5.73 Å². The van der Waals surface area contributed by atoms with E-state index in [2.05, 4.69) is 9.68 Å². The number of nitrogens with two attached hydrogens (primary N) is 1. The summed E-state index contributed by atoms with van der Waals surface area (Å²) >= 11 is 0. The first-order valence-electron chi connectivity index (χ1n) is 3.94. The molecule has 12 heavy (non-hydrogen) atoms. The molecule has 0 spiro atoms. The largest absolute Gasteiger partial charge is 0.364 e. The molecule has 0 aromatic carbocycles. The summed E-state index contributed by atoms with van der Waals surface area (Å²) < 4.78 is 4.59. The molecule has 0 saturated carbocycles. The summed E-state index contributed by atoms with van der Waals surface area (Å²) in [6.07, 6.45) is 3.10. The lowest BCUT2D eigenvalue weighted by atomic mass is 10.1. The van der Waals surface area contributed by atoms with Gasteiger partial charge in [-0.15, -0.1) is 0 Å². The van der Waals surface area contributed by atoms with E-state index in [0.29, 0.717) is 25.1 Å². The molecule has 0 bridgehead atoms. The van der Waals surface area contributed by atoms with Gasteiger partial charge in [0.05, 0.1) is 12.1 Å². The van der Waals surface area contributed by atoms with Gasteiger partial charge in [0, 0.05) is 12.5 Å². The van der Waals surface area contributed by atoms with Gasteiger partial charge in [0.25, 0.3) is 0 Å². The first kappa shape index (κ1) is 8.93. The number of rotatable bonds is 5. The summed E-state index contributed by atoms with van der Waals surface area (Å²) in [5.41, 5.74) is 5.96. The second-order valence-electron chi connectivity index (χ2n) is 2.60. The second kappa shape index (κ2) is 4.66. The van der Waals surface area contributed by atoms with Crippen LogP contribution >= 0.6 is 0 Å². The van der Waals surface area contributed by atoms with Gasteiger partial charge in [0.2, 0.25) is 0 Å². The molecule has 0 saturated heterocycles. The molecule has 0 amide bonds. The molecule has 1 aromatic rings. The molecular weight excluding hydrogens is 156 g/mol. The quantitative estimate of drug-likeness (QED) is 0.696. The molecule has 1 aromatic heterocycles. The minimum absolute atomic E-state index is 0.161. The highest BCUT2D eigenvalue weighted by Crippen LogP contribution is 1.99. The van der Waals surface area contributed by atoms with Crippen LogP contribution in [0.5, 0.6) is 0 Å². The van der Waals surface area contributed by atoms with Crippen LogP contribution in [0.3, 0.4) is 0 Å². The summed E-state index contributed by atoms with van der Waals surface area (Å²) in [5.74, 6) is 0.161. The number of ketones is 1. The van der Waals surface area contributed by atoms with Crippen LogP contribution in [0.25, 0.3) is 0 Å². The highest BCUT2D eigenvalue weighted by atomic mass is 16.5. The fourth-order valence-corrected chi connectivity index (χ4v) is 0.918. The first-order valence-corrected chi connectivity index (χ1v) is 3.94. The average molecular weight is 168 g/mol. The molecule has 0 aliphatic rings. The van der Waals surface area contributed by atoms with Crippen molar-refractivity contribution in [1.82, 2.24) is 5.16 Å². The second-order valence-corrected chi connectivity index (χ2v) is 2.60. The van der Waals surface area contributed by atoms with Crippen molar-refractivity contribution in [3.05, 3.63) is 18.0 Å². The Kier molecular flexibility index (Phi) is 3.47. The SMILES string of the molecule is NCCCC(=O)Cc1ccon1. The topological polar surface area (TPSA) is 69.1 Å². The normalized spacial score (nSPS) is 10.1. The van der Waals surface area contributed by atoms with E-state index < -0.39 is 0 Å². The van der Waals surface area contributed by atoms with Crippen molar-refractivity contribution in [1.29, 1.82) is 0 Å². The van der Waals surface area contributed by atoms with E-state index in [1.807, 2.05) is 0 Å². The number of aromatic nitrogens is 1. The van der Waals surface area contributed by atoms with Crippen LogP contribution in [-0.4, -0.2) is 17.5 Å². The van der Waals surface area contributed by atoms with Gasteiger partial charge in [0.1, 0.15) is 12.0 Å². The van der Waals surface area contributed by atoms with Gasteiger partial charge in [-0.3, -0.25) is 4.79 Å². The van der Waals surface area contributed by atoms with Gasteiger partial charge < -0.3 is 10.3 Å². The van der Waals surface area contributed by atoms with Crippen LogP contribution in [0.1, 0.15) is 18.5 Å². The molecule has 66 valence electrons.